The lowest BCUT2D eigenvalue weighted by Crippen LogP contribution is -2.26. The van der Waals surface area contributed by atoms with E-state index >= 15 is 0 Å². The molecule has 1 heterocycles. The molecule has 0 aliphatic carbocycles. The van der Waals surface area contributed by atoms with Crippen LogP contribution in [0.25, 0.3) is 0 Å². The van der Waals surface area contributed by atoms with Crippen LogP contribution in [-0.2, 0) is 9.47 Å². The lowest BCUT2D eigenvalue weighted by atomic mass is 9.84. The van der Waals surface area contributed by atoms with Gasteiger partial charge in [0, 0.05) is 17.0 Å². The van der Waals surface area contributed by atoms with Gasteiger partial charge < -0.3 is 9.47 Å². The first-order valence-electron chi connectivity index (χ1n) is 4.43. The third-order valence-electron chi connectivity index (χ3n) is 2.66. The first-order chi connectivity index (χ1) is 5.76. The molecule has 72 valence electrons. The molecule has 0 radical (unpaired) electrons. The number of methoxy groups -OCH3 is 1. The largest absolute Gasteiger partial charge is 0.384 e. The Hall–Kier alpha value is 0.650. The maximum absolute atomic E-state index is 5.67. The highest BCUT2D eigenvalue weighted by Crippen LogP contribution is 2.36. The molecule has 0 spiro atoms. The zero-order valence-electron chi connectivity index (χ0n) is 7.81. The Bertz CT molecular complexity index is 140. The van der Waals surface area contributed by atoms with E-state index in [0.29, 0.717) is 11.5 Å². The number of hydrogen-bond acceptors (Lipinski definition) is 2. The Kier molecular flexibility index (Phi) is 4.26. The van der Waals surface area contributed by atoms with E-state index in [1.165, 1.54) is 6.42 Å². The van der Waals surface area contributed by atoms with Crippen LogP contribution in [0.1, 0.15) is 19.8 Å². The van der Waals surface area contributed by atoms with Gasteiger partial charge in [0.15, 0.2) is 0 Å². The van der Waals surface area contributed by atoms with Crippen LogP contribution in [-0.4, -0.2) is 30.9 Å². The van der Waals surface area contributed by atoms with Gasteiger partial charge in [-0.15, -0.1) is 0 Å². The molecule has 12 heavy (non-hydrogen) atoms. The second-order valence-electron chi connectivity index (χ2n) is 3.58. The predicted octanol–water partition coefficient (Wildman–Crippen LogP) is 2.25. The minimum atomic E-state index is 0.310. The second kappa shape index (κ2) is 4.77. The molecule has 1 saturated heterocycles. The highest BCUT2D eigenvalue weighted by Gasteiger charge is 2.38. The molecule has 0 aromatic carbocycles. The fraction of sp³-hybridized carbons (Fsp3) is 1.00. The van der Waals surface area contributed by atoms with Crippen LogP contribution in [0.4, 0.5) is 0 Å². The molecule has 1 rings (SSSR count). The van der Waals surface area contributed by atoms with Gasteiger partial charge in [-0.2, -0.15) is 0 Å². The fourth-order valence-electron chi connectivity index (χ4n) is 1.75. The smallest absolute Gasteiger partial charge is 0.0671 e. The number of halogens is 1. The van der Waals surface area contributed by atoms with Crippen molar-refractivity contribution in [3.63, 3.8) is 0 Å². The summed E-state index contributed by atoms with van der Waals surface area (Å²) in [6.07, 6.45) is 2.79. The summed E-state index contributed by atoms with van der Waals surface area (Å²) < 4.78 is 12.0. The first kappa shape index (κ1) is 10.7. The van der Waals surface area contributed by atoms with Crippen molar-refractivity contribution < 1.29 is 9.47 Å². The van der Waals surface area contributed by atoms with E-state index < -0.39 is 0 Å². The van der Waals surface area contributed by atoms with Crippen molar-refractivity contribution in [3.8, 4) is 0 Å². The van der Waals surface area contributed by atoms with Crippen LogP contribution in [0.15, 0.2) is 0 Å². The molecule has 0 aromatic heterocycles. The standard InChI is InChI=1S/C9H17IO2/c1-3-9(6-11-2)4-8(5-10)12-7-9/h8H,3-7H2,1-2H3/t8-,9+/m1/s1. The van der Waals surface area contributed by atoms with E-state index in [-0.39, 0.29) is 0 Å². The van der Waals surface area contributed by atoms with Crippen molar-refractivity contribution in [1.82, 2.24) is 0 Å². The van der Waals surface area contributed by atoms with Crippen molar-refractivity contribution in [1.29, 1.82) is 0 Å². The number of hydrogen-bond donors (Lipinski definition) is 0. The summed E-state index contributed by atoms with van der Waals surface area (Å²) in [6, 6.07) is 0. The van der Waals surface area contributed by atoms with E-state index in [1.807, 2.05) is 0 Å². The average molecular weight is 284 g/mol. The third-order valence-corrected chi connectivity index (χ3v) is 3.64. The predicted molar refractivity (Wildman–Crippen MR) is 57.8 cm³/mol. The highest BCUT2D eigenvalue weighted by molar-refractivity contribution is 14.1. The van der Waals surface area contributed by atoms with Gasteiger partial charge in [0.1, 0.15) is 0 Å². The molecule has 2 nitrogen and oxygen atoms in total. The third kappa shape index (κ3) is 2.33. The Morgan fingerprint density at radius 1 is 1.67 bits per heavy atom. The fourth-order valence-corrected chi connectivity index (χ4v) is 2.32. The minimum absolute atomic E-state index is 0.310. The molecule has 1 aliphatic heterocycles. The monoisotopic (exact) mass is 284 g/mol. The van der Waals surface area contributed by atoms with Gasteiger partial charge in [-0.1, -0.05) is 29.5 Å². The lowest BCUT2D eigenvalue weighted by molar-refractivity contribution is 0.0542. The molecule has 1 aliphatic rings. The summed E-state index contributed by atoms with van der Waals surface area (Å²) >= 11 is 2.39. The Balaban J connectivity index is 2.47. The van der Waals surface area contributed by atoms with Gasteiger partial charge in [0.2, 0.25) is 0 Å². The number of alkyl halides is 1. The molecule has 0 amide bonds. The van der Waals surface area contributed by atoms with E-state index in [1.54, 1.807) is 7.11 Å². The normalized spacial score (nSPS) is 35.8. The highest BCUT2D eigenvalue weighted by atomic mass is 127. The molecule has 0 unspecified atom stereocenters. The second-order valence-corrected chi connectivity index (χ2v) is 4.46. The minimum Gasteiger partial charge on any atom is -0.384 e. The Morgan fingerprint density at radius 3 is 2.83 bits per heavy atom. The van der Waals surface area contributed by atoms with Gasteiger partial charge in [-0.25, -0.2) is 0 Å². The SMILES string of the molecule is CC[C@]1(COC)CO[C@@H](CI)C1. The molecule has 0 N–H and O–H groups in total. The summed E-state index contributed by atoms with van der Waals surface area (Å²) in [4.78, 5) is 0. The van der Waals surface area contributed by atoms with E-state index in [2.05, 4.69) is 29.5 Å². The molecule has 2 atom stereocenters. The molecule has 1 fully saturated rings. The molecule has 0 aromatic rings. The summed E-state index contributed by atoms with van der Waals surface area (Å²) in [5.74, 6) is 0. The van der Waals surface area contributed by atoms with Crippen molar-refractivity contribution in [2.24, 2.45) is 5.41 Å². The summed E-state index contributed by atoms with van der Waals surface area (Å²) in [7, 11) is 1.77. The molecular formula is C9H17IO2. The summed E-state index contributed by atoms with van der Waals surface area (Å²) in [5, 5.41) is 0. The van der Waals surface area contributed by atoms with Crippen LogP contribution in [0.5, 0.6) is 0 Å². The molecule has 3 heteroatoms. The zero-order valence-corrected chi connectivity index (χ0v) is 9.96. The zero-order chi connectivity index (χ0) is 9.03. The quantitative estimate of drug-likeness (QED) is 0.582. The number of rotatable bonds is 4. The first-order valence-corrected chi connectivity index (χ1v) is 5.95. The van der Waals surface area contributed by atoms with Crippen molar-refractivity contribution in [2.45, 2.75) is 25.9 Å². The van der Waals surface area contributed by atoms with Crippen LogP contribution in [0.3, 0.4) is 0 Å². The van der Waals surface area contributed by atoms with E-state index in [4.69, 9.17) is 9.47 Å². The van der Waals surface area contributed by atoms with Gasteiger partial charge in [-0.05, 0) is 12.8 Å². The van der Waals surface area contributed by atoms with E-state index in [0.717, 1.165) is 24.1 Å². The maximum atomic E-state index is 5.67. The van der Waals surface area contributed by atoms with Gasteiger partial charge in [0.05, 0.1) is 19.3 Å². The van der Waals surface area contributed by atoms with Gasteiger partial charge in [0.25, 0.3) is 0 Å². The van der Waals surface area contributed by atoms with Crippen molar-refractivity contribution in [3.05, 3.63) is 0 Å². The molecule has 0 bridgehead atoms. The number of ether oxygens (including phenoxy) is 2. The van der Waals surface area contributed by atoms with Crippen LogP contribution in [0, 0.1) is 5.41 Å². The molecule has 0 saturated carbocycles. The van der Waals surface area contributed by atoms with E-state index in [9.17, 15) is 0 Å². The summed E-state index contributed by atoms with van der Waals surface area (Å²) in [6.45, 7) is 3.94. The van der Waals surface area contributed by atoms with Gasteiger partial charge >= 0.3 is 0 Å². The Morgan fingerprint density at radius 2 is 2.42 bits per heavy atom. The molecular weight excluding hydrogens is 267 g/mol. The van der Waals surface area contributed by atoms with Crippen LogP contribution < -0.4 is 0 Å². The average Bonchev–Trinajstić information content (AvgIpc) is 2.50. The van der Waals surface area contributed by atoms with Crippen molar-refractivity contribution in [2.75, 3.05) is 24.8 Å². The van der Waals surface area contributed by atoms with Gasteiger partial charge in [-0.3, -0.25) is 0 Å². The van der Waals surface area contributed by atoms with Crippen LogP contribution >= 0.6 is 22.6 Å². The van der Waals surface area contributed by atoms with Crippen LogP contribution in [0.2, 0.25) is 0 Å². The maximum Gasteiger partial charge on any atom is 0.0671 e. The summed E-state index contributed by atoms with van der Waals surface area (Å²) in [5.41, 5.74) is 0.310. The topological polar surface area (TPSA) is 18.5 Å². The Labute approximate surface area is 88.1 Å². The lowest BCUT2D eigenvalue weighted by Gasteiger charge is -2.24. The van der Waals surface area contributed by atoms with Crippen molar-refractivity contribution >= 4 is 22.6 Å².